The zero-order valence-electron chi connectivity index (χ0n) is 17.9. The highest BCUT2D eigenvalue weighted by atomic mass is 32.2. The van der Waals surface area contributed by atoms with Crippen LogP contribution in [0.1, 0.15) is 35.7 Å². The topological polar surface area (TPSA) is 91.8 Å². The Morgan fingerprint density at radius 2 is 1.58 bits per heavy atom. The van der Waals surface area contributed by atoms with Crippen molar-refractivity contribution in [1.82, 2.24) is 4.31 Å². The number of sulfone groups is 1. The molecular weight excluding hydrogens is 436 g/mol. The molecule has 0 unspecified atom stereocenters. The number of benzene rings is 2. The third kappa shape index (κ3) is 4.89. The molecule has 7 nitrogen and oxygen atoms in total. The summed E-state index contributed by atoms with van der Waals surface area (Å²) in [6, 6.07) is 12.4. The number of sulfonamides is 1. The van der Waals surface area contributed by atoms with Gasteiger partial charge in [-0.3, -0.25) is 4.79 Å². The Bertz CT molecular complexity index is 1200. The predicted octanol–water partition coefficient (Wildman–Crippen LogP) is 3.02. The summed E-state index contributed by atoms with van der Waals surface area (Å²) in [6.45, 7) is 4.13. The maximum atomic E-state index is 13.4. The van der Waals surface area contributed by atoms with Gasteiger partial charge in [-0.25, -0.2) is 21.1 Å². The number of hydrogen-bond acceptors (Lipinski definition) is 5. The maximum Gasteiger partial charge on any atom is 0.258 e. The van der Waals surface area contributed by atoms with Gasteiger partial charge in [-0.15, -0.1) is 0 Å². The lowest BCUT2D eigenvalue weighted by Crippen LogP contribution is -2.41. The molecular formula is C22H26N2O5S2. The molecule has 1 aliphatic heterocycles. The molecule has 0 N–H and O–H groups in total. The highest BCUT2D eigenvalue weighted by Gasteiger charge is 2.32. The Labute approximate surface area is 184 Å². The molecule has 31 heavy (non-hydrogen) atoms. The molecule has 2 aromatic rings. The second kappa shape index (κ2) is 8.57. The second-order valence-electron chi connectivity index (χ2n) is 7.96. The molecule has 0 aromatic heterocycles. The van der Waals surface area contributed by atoms with Crippen molar-refractivity contribution >= 4 is 31.5 Å². The van der Waals surface area contributed by atoms with E-state index in [4.69, 9.17) is 0 Å². The lowest BCUT2D eigenvalue weighted by Gasteiger charge is -2.28. The molecule has 0 aliphatic carbocycles. The van der Waals surface area contributed by atoms with Crippen LogP contribution in [-0.2, 0) is 19.9 Å². The predicted molar refractivity (Wildman–Crippen MR) is 121 cm³/mol. The third-order valence-corrected chi connectivity index (χ3v) is 8.39. The molecule has 0 saturated heterocycles. The number of carbonyl (C=O) groups is 1. The molecule has 1 amide bonds. The van der Waals surface area contributed by atoms with Crippen molar-refractivity contribution in [2.75, 3.05) is 24.7 Å². The Morgan fingerprint density at radius 3 is 2.03 bits per heavy atom. The average Bonchev–Trinajstić information content (AvgIpc) is 3.07. The first-order valence-electron chi connectivity index (χ1n) is 9.79. The van der Waals surface area contributed by atoms with Crippen molar-refractivity contribution < 1.29 is 21.6 Å². The summed E-state index contributed by atoms with van der Waals surface area (Å²) in [5, 5.41) is 1.13. The number of hydrogen-bond donors (Lipinski definition) is 0. The monoisotopic (exact) mass is 462 g/mol. The van der Waals surface area contributed by atoms with Gasteiger partial charge in [-0.1, -0.05) is 26.0 Å². The molecule has 166 valence electrons. The Morgan fingerprint density at radius 1 is 1.00 bits per heavy atom. The maximum absolute atomic E-state index is 13.4. The first-order chi connectivity index (χ1) is 14.4. The highest BCUT2D eigenvalue weighted by molar-refractivity contribution is 7.94. The van der Waals surface area contributed by atoms with E-state index in [1.165, 1.54) is 49.3 Å². The molecule has 0 bridgehead atoms. The van der Waals surface area contributed by atoms with Crippen molar-refractivity contribution in [3.8, 4) is 0 Å². The normalized spacial score (nSPS) is 17.9. The second-order valence-corrected chi connectivity index (χ2v) is 12.0. The van der Waals surface area contributed by atoms with Gasteiger partial charge in [-0.2, -0.15) is 0 Å². The molecule has 0 saturated carbocycles. The summed E-state index contributed by atoms with van der Waals surface area (Å²) in [7, 11) is -4.13. The van der Waals surface area contributed by atoms with Gasteiger partial charge in [0, 0.05) is 30.8 Å². The zero-order chi connectivity index (χ0) is 23.0. The average molecular weight is 463 g/mol. The van der Waals surface area contributed by atoms with Crippen LogP contribution < -0.4 is 4.90 Å². The lowest BCUT2D eigenvalue weighted by atomic mass is 10.0. The SMILES string of the molecule is CC(C)c1ccc(N(C(=O)c2ccc(S(=O)(=O)N(C)C)cc2)[C@@H]2C=CS(=O)(=O)C2)cc1. The lowest BCUT2D eigenvalue weighted by molar-refractivity contribution is 0.0983. The number of rotatable bonds is 6. The van der Waals surface area contributed by atoms with Gasteiger partial charge in [0.05, 0.1) is 16.7 Å². The van der Waals surface area contributed by atoms with E-state index in [2.05, 4.69) is 13.8 Å². The van der Waals surface area contributed by atoms with E-state index in [1.54, 1.807) is 12.1 Å². The van der Waals surface area contributed by atoms with Crippen LogP contribution in [0.4, 0.5) is 5.69 Å². The van der Waals surface area contributed by atoms with E-state index in [9.17, 15) is 21.6 Å². The fraction of sp³-hybridized carbons (Fsp3) is 0.318. The fourth-order valence-electron chi connectivity index (χ4n) is 3.32. The molecule has 1 atom stereocenters. The minimum absolute atomic E-state index is 0.0743. The van der Waals surface area contributed by atoms with E-state index < -0.39 is 31.8 Å². The van der Waals surface area contributed by atoms with Crippen LogP contribution in [0.3, 0.4) is 0 Å². The van der Waals surface area contributed by atoms with Gasteiger partial charge in [0.15, 0.2) is 9.84 Å². The minimum Gasteiger partial charge on any atom is -0.300 e. The van der Waals surface area contributed by atoms with E-state index in [0.717, 1.165) is 15.3 Å². The number of nitrogens with zero attached hydrogens (tertiary/aromatic N) is 2. The number of anilines is 1. The van der Waals surface area contributed by atoms with Gasteiger partial charge in [0.25, 0.3) is 5.91 Å². The molecule has 2 aromatic carbocycles. The van der Waals surface area contributed by atoms with Crippen LogP contribution in [0.25, 0.3) is 0 Å². The van der Waals surface area contributed by atoms with Crippen LogP contribution >= 0.6 is 0 Å². The van der Waals surface area contributed by atoms with E-state index >= 15 is 0 Å². The summed E-state index contributed by atoms with van der Waals surface area (Å²) in [5.41, 5.74) is 1.94. The van der Waals surface area contributed by atoms with Gasteiger partial charge < -0.3 is 4.90 Å². The Balaban J connectivity index is 1.99. The first kappa shape index (κ1) is 23.2. The van der Waals surface area contributed by atoms with E-state index in [-0.39, 0.29) is 16.2 Å². The minimum atomic E-state index is -3.62. The summed E-state index contributed by atoms with van der Waals surface area (Å²) >= 11 is 0. The van der Waals surface area contributed by atoms with Crippen molar-refractivity contribution in [2.24, 2.45) is 0 Å². The zero-order valence-corrected chi connectivity index (χ0v) is 19.5. The van der Waals surface area contributed by atoms with E-state index in [0.29, 0.717) is 11.6 Å². The van der Waals surface area contributed by atoms with Crippen LogP contribution in [-0.4, -0.2) is 52.9 Å². The van der Waals surface area contributed by atoms with E-state index in [1.807, 2.05) is 12.1 Å². The molecule has 3 rings (SSSR count). The fourth-order valence-corrected chi connectivity index (χ4v) is 5.49. The van der Waals surface area contributed by atoms with Crippen molar-refractivity contribution in [3.05, 3.63) is 71.1 Å². The van der Waals surface area contributed by atoms with Crippen molar-refractivity contribution in [2.45, 2.75) is 30.7 Å². The standard InChI is InChI=1S/C22H26N2O5S2/c1-16(2)17-5-9-19(10-6-17)24(20-13-14-30(26,27)15-20)22(25)18-7-11-21(12-8-18)31(28,29)23(3)4/h5-14,16,20H,15H2,1-4H3/t20-/m1/s1. The molecule has 1 heterocycles. The quantitative estimate of drug-likeness (QED) is 0.658. The Kier molecular flexibility index (Phi) is 6.40. The summed E-state index contributed by atoms with van der Waals surface area (Å²) in [6.07, 6.45) is 1.51. The smallest absolute Gasteiger partial charge is 0.258 e. The molecule has 9 heteroatoms. The van der Waals surface area contributed by atoms with Gasteiger partial charge in [-0.05, 0) is 54.0 Å². The van der Waals surface area contributed by atoms with Crippen LogP contribution in [0.5, 0.6) is 0 Å². The summed E-state index contributed by atoms with van der Waals surface area (Å²) in [4.78, 5) is 14.9. The van der Waals surface area contributed by atoms with Gasteiger partial charge >= 0.3 is 0 Å². The van der Waals surface area contributed by atoms with Gasteiger partial charge in [0.2, 0.25) is 10.0 Å². The molecule has 0 fully saturated rings. The molecule has 0 radical (unpaired) electrons. The van der Waals surface area contributed by atoms with Crippen molar-refractivity contribution in [1.29, 1.82) is 0 Å². The third-order valence-electron chi connectivity index (χ3n) is 5.18. The highest BCUT2D eigenvalue weighted by Crippen LogP contribution is 2.27. The van der Waals surface area contributed by atoms with Crippen LogP contribution in [0, 0.1) is 0 Å². The summed E-state index contributed by atoms with van der Waals surface area (Å²) in [5.74, 6) is -0.286. The number of amides is 1. The van der Waals surface area contributed by atoms with Gasteiger partial charge in [0.1, 0.15) is 0 Å². The van der Waals surface area contributed by atoms with Crippen molar-refractivity contribution in [3.63, 3.8) is 0 Å². The largest absolute Gasteiger partial charge is 0.300 e. The molecule has 0 spiro atoms. The van der Waals surface area contributed by atoms with Crippen LogP contribution in [0.15, 0.2) is 64.9 Å². The Hall–Kier alpha value is -2.49. The summed E-state index contributed by atoms with van der Waals surface area (Å²) < 4.78 is 49.7. The number of carbonyl (C=O) groups excluding carboxylic acids is 1. The molecule has 1 aliphatic rings. The van der Waals surface area contributed by atoms with Crippen LogP contribution in [0.2, 0.25) is 0 Å². The first-order valence-corrected chi connectivity index (χ1v) is 12.9.